The van der Waals surface area contributed by atoms with Crippen LogP contribution in [0.2, 0.25) is 5.02 Å². The van der Waals surface area contributed by atoms with Crippen molar-refractivity contribution in [2.24, 2.45) is 0 Å². The fourth-order valence-corrected chi connectivity index (χ4v) is 4.18. The zero-order chi connectivity index (χ0) is 22.1. The van der Waals surface area contributed by atoms with E-state index < -0.39 is 17.6 Å². The predicted octanol–water partition coefficient (Wildman–Crippen LogP) is 6.09. The molecule has 0 spiro atoms. The van der Waals surface area contributed by atoms with Gasteiger partial charge < -0.3 is 5.32 Å². The number of carbonyl (C=O) groups excluding carboxylic acids is 2. The van der Waals surface area contributed by atoms with Gasteiger partial charge in [0.25, 0.3) is 11.8 Å². The number of imide groups is 1. The van der Waals surface area contributed by atoms with Crippen LogP contribution < -0.4 is 10.2 Å². The summed E-state index contributed by atoms with van der Waals surface area (Å²) in [5.74, 6) is -1.41. The molecule has 1 aliphatic rings. The van der Waals surface area contributed by atoms with E-state index in [1.165, 1.54) is 36.0 Å². The normalized spacial score (nSPS) is 13.9. The Labute approximate surface area is 188 Å². The van der Waals surface area contributed by atoms with Gasteiger partial charge in [-0.05, 0) is 85.6 Å². The van der Waals surface area contributed by atoms with E-state index in [9.17, 15) is 14.0 Å². The van der Waals surface area contributed by atoms with Crippen molar-refractivity contribution in [2.45, 2.75) is 18.7 Å². The average Bonchev–Trinajstić information content (AvgIpc) is 2.97. The molecule has 0 aromatic heterocycles. The third kappa shape index (κ3) is 4.36. The molecule has 0 saturated carbocycles. The van der Waals surface area contributed by atoms with Gasteiger partial charge in [0, 0.05) is 15.6 Å². The number of amides is 2. The van der Waals surface area contributed by atoms with Gasteiger partial charge in [-0.1, -0.05) is 29.4 Å². The lowest BCUT2D eigenvalue weighted by Crippen LogP contribution is -2.32. The lowest BCUT2D eigenvalue weighted by atomic mass is 10.1. The van der Waals surface area contributed by atoms with Crippen LogP contribution in [0.5, 0.6) is 0 Å². The minimum absolute atomic E-state index is 0.178. The smallest absolute Gasteiger partial charge is 0.283 e. The van der Waals surface area contributed by atoms with E-state index in [1.54, 1.807) is 24.3 Å². The molecular formula is C24H18ClFN2O2S. The van der Waals surface area contributed by atoms with E-state index in [4.69, 9.17) is 11.6 Å². The zero-order valence-electron chi connectivity index (χ0n) is 16.8. The molecule has 1 heterocycles. The standard InChI is InChI=1S/C24H18ClFN2O2S/c1-14-3-8-18(13-15(14)2)27-21-22(31-20-11-4-16(25)5-12-20)24(30)28(23(21)29)19-9-6-17(26)7-10-19/h3-13,27H,1-2H3. The fourth-order valence-electron chi connectivity index (χ4n) is 3.12. The molecule has 7 heteroatoms. The van der Waals surface area contributed by atoms with E-state index in [2.05, 4.69) is 5.32 Å². The Hall–Kier alpha value is -3.09. The van der Waals surface area contributed by atoms with Crippen molar-refractivity contribution >= 4 is 46.6 Å². The van der Waals surface area contributed by atoms with Crippen LogP contribution in [0.4, 0.5) is 15.8 Å². The van der Waals surface area contributed by atoms with Gasteiger partial charge in [0.2, 0.25) is 0 Å². The lowest BCUT2D eigenvalue weighted by molar-refractivity contribution is -0.120. The Morgan fingerprint density at radius 2 is 1.55 bits per heavy atom. The van der Waals surface area contributed by atoms with Crippen molar-refractivity contribution in [3.05, 3.63) is 99.3 Å². The summed E-state index contributed by atoms with van der Waals surface area (Å²) >= 11 is 7.15. The van der Waals surface area contributed by atoms with Gasteiger partial charge in [-0.15, -0.1) is 0 Å². The average molecular weight is 453 g/mol. The van der Waals surface area contributed by atoms with Crippen molar-refractivity contribution < 1.29 is 14.0 Å². The van der Waals surface area contributed by atoms with Crippen LogP contribution in [0.1, 0.15) is 11.1 Å². The molecule has 0 radical (unpaired) electrons. The third-order valence-electron chi connectivity index (χ3n) is 4.94. The first kappa shape index (κ1) is 21.2. The molecule has 4 nitrogen and oxygen atoms in total. The Morgan fingerprint density at radius 3 is 2.19 bits per heavy atom. The van der Waals surface area contributed by atoms with Crippen LogP contribution in [0.15, 0.2) is 82.2 Å². The van der Waals surface area contributed by atoms with Crippen LogP contribution in [0, 0.1) is 19.7 Å². The summed E-state index contributed by atoms with van der Waals surface area (Å²) in [4.78, 5) is 28.6. The molecule has 0 bridgehead atoms. The molecule has 0 saturated heterocycles. The van der Waals surface area contributed by atoms with Gasteiger partial charge >= 0.3 is 0 Å². The number of rotatable bonds is 5. The molecular weight excluding hydrogens is 435 g/mol. The maximum Gasteiger partial charge on any atom is 0.283 e. The monoisotopic (exact) mass is 452 g/mol. The number of nitrogens with one attached hydrogen (secondary N) is 1. The van der Waals surface area contributed by atoms with Gasteiger partial charge in [-0.2, -0.15) is 0 Å². The SMILES string of the molecule is Cc1ccc(NC2=C(Sc3ccc(Cl)cc3)C(=O)N(c3ccc(F)cc3)C2=O)cc1C. The predicted molar refractivity (Wildman–Crippen MR) is 123 cm³/mol. The maximum atomic E-state index is 13.4. The molecule has 1 aliphatic heterocycles. The number of hydrogen-bond donors (Lipinski definition) is 1. The highest BCUT2D eigenvalue weighted by atomic mass is 35.5. The highest BCUT2D eigenvalue weighted by Gasteiger charge is 2.40. The second kappa shape index (κ2) is 8.57. The van der Waals surface area contributed by atoms with Crippen LogP contribution in [-0.2, 0) is 9.59 Å². The van der Waals surface area contributed by atoms with Crippen molar-refractivity contribution in [3.8, 4) is 0 Å². The molecule has 3 aromatic carbocycles. The first-order valence-electron chi connectivity index (χ1n) is 9.50. The largest absolute Gasteiger partial charge is 0.350 e. The molecule has 31 heavy (non-hydrogen) atoms. The maximum absolute atomic E-state index is 13.4. The van der Waals surface area contributed by atoms with E-state index >= 15 is 0 Å². The second-order valence-electron chi connectivity index (χ2n) is 7.11. The van der Waals surface area contributed by atoms with Gasteiger partial charge in [-0.25, -0.2) is 9.29 Å². The van der Waals surface area contributed by atoms with Crippen LogP contribution in [0.25, 0.3) is 0 Å². The highest BCUT2D eigenvalue weighted by molar-refractivity contribution is 8.04. The summed E-state index contributed by atoms with van der Waals surface area (Å²) in [7, 11) is 0. The topological polar surface area (TPSA) is 49.4 Å². The van der Waals surface area contributed by atoms with Gasteiger partial charge in [-0.3, -0.25) is 9.59 Å². The van der Waals surface area contributed by atoms with E-state index in [1.807, 2.05) is 32.0 Å². The number of halogens is 2. The first-order valence-corrected chi connectivity index (χ1v) is 10.7. The second-order valence-corrected chi connectivity index (χ2v) is 8.63. The van der Waals surface area contributed by atoms with E-state index in [0.29, 0.717) is 16.4 Å². The molecule has 2 amide bonds. The molecule has 0 unspecified atom stereocenters. The third-order valence-corrected chi connectivity index (χ3v) is 6.28. The van der Waals surface area contributed by atoms with Gasteiger partial charge in [0.15, 0.2) is 0 Å². The summed E-state index contributed by atoms with van der Waals surface area (Å²) in [5.41, 5.74) is 3.37. The number of benzene rings is 3. The molecule has 0 fully saturated rings. The summed E-state index contributed by atoms with van der Waals surface area (Å²) in [6.07, 6.45) is 0. The Kier molecular flexibility index (Phi) is 5.85. The Bertz CT molecular complexity index is 1210. The van der Waals surface area contributed by atoms with Crippen molar-refractivity contribution in [1.29, 1.82) is 0 Å². The first-order chi connectivity index (χ1) is 14.8. The zero-order valence-corrected chi connectivity index (χ0v) is 18.4. The number of aryl methyl sites for hydroxylation is 2. The Balaban J connectivity index is 1.74. The summed E-state index contributed by atoms with van der Waals surface area (Å²) in [6.45, 7) is 3.98. The van der Waals surface area contributed by atoms with Crippen LogP contribution >= 0.6 is 23.4 Å². The summed E-state index contributed by atoms with van der Waals surface area (Å²) < 4.78 is 13.4. The molecule has 3 aromatic rings. The molecule has 0 atom stereocenters. The number of nitrogens with zero attached hydrogens (tertiary/aromatic N) is 1. The minimum atomic E-state index is -0.494. The number of anilines is 2. The van der Waals surface area contributed by atoms with Crippen LogP contribution in [-0.4, -0.2) is 11.8 Å². The molecule has 156 valence electrons. The number of carbonyl (C=O) groups is 2. The van der Waals surface area contributed by atoms with Crippen molar-refractivity contribution in [2.75, 3.05) is 10.2 Å². The van der Waals surface area contributed by atoms with E-state index in [-0.39, 0.29) is 10.6 Å². The number of hydrogen-bond acceptors (Lipinski definition) is 4. The number of thioether (sulfide) groups is 1. The fraction of sp³-hybridized carbons (Fsp3) is 0.0833. The minimum Gasteiger partial charge on any atom is -0.350 e. The summed E-state index contributed by atoms with van der Waals surface area (Å²) in [5, 5.41) is 3.71. The van der Waals surface area contributed by atoms with Crippen LogP contribution in [0.3, 0.4) is 0 Å². The molecule has 1 N–H and O–H groups in total. The van der Waals surface area contributed by atoms with E-state index in [0.717, 1.165) is 20.9 Å². The van der Waals surface area contributed by atoms with Gasteiger partial charge in [0.05, 0.1) is 5.69 Å². The molecule has 0 aliphatic carbocycles. The Morgan fingerprint density at radius 1 is 0.871 bits per heavy atom. The lowest BCUT2D eigenvalue weighted by Gasteiger charge is -2.15. The highest BCUT2D eigenvalue weighted by Crippen LogP contribution is 2.38. The van der Waals surface area contributed by atoms with Gasteiger partial charge in [0.1, 0.15) is 16.4 Å². The quantitative estimate of drug-likeness (QED) is 0.476. The van der Waals surface area contributed by atoms with Crippen molar-refractivity contribution in [3.63, 3.8) is 0 Å². The summed E-state index contributed by atoms with van der Waals surface area (Å²) in [6, 6.07) is 18.0. The van der Waals surface area contributed by atoms with Crippen molar-refractivity contribution in [1.82, 2.24) is 0 Å². The molecule has 4 rings (SSSR count).